The zero-order valence-corrected chi connectivity index (χ0v) is 15.1. The van der Waals surface area contributed by atoms with Crippen LogP contribution in [0.1, 0.15) is 22.3 Å². The van der Waals surface area contributed by atoms with Gasteiger partial charge < -0.3 is 0 Å². The average molecular weight is 356 g/mol. The topological polar surface area (TPSA) is 25.8 Å². The lowest BCUT2D eigenvalue weighted by atomic mass is 10.0. The van der Waals surface area contributed by atoms with Crippen LogP contribution in [0, 0.1) is 23.7 Å². The largest absolute Gasteiger partial charge is 0.265 e. The molecule has 2 heterocycles. The third-order valence-electron chi connectivity index (χ3n) is 4.12. The first-order valence-corrected chi connectivity index (χ1v) is 8.91. The Morgan fingerprint density at radius 2 is 0.821 bits per heavy atom. The fourth-order valence-electron chi connectivity index (χ4n) is 2.71. The first-order chi connectivity index (χ1) is 13.9. The normalized spacial score (nSPS) is 9.57. The standard InChI is InChI=1S/C26H16N2/c1-3-23(9-7-21-11-15-27-16-12-21)19-25(5-1)26-6-2-4-24(20-26)10-8-22-13-17-28-18-14-22/h1-6,11-20H. The quantitative estimate of drug-likeness (QED) is 0.451. The highest BCUT2D eigenvalue weighted by Gasteiger charge is 1.99. The molecular formula is C26H16N2. The van der Waals surface area contributed by atoms with Crippen LogP contribution in [0.2, 0.25) is 0 Å². The van der Waals surface area contributed by atoms with Crippen LogP contribution in [0.25, 0.3) is 11.1 Å². The van der Waals surface area contributed by atoms with Crippen molar-refractivity contribution >= 4 is 0 Å². The monoisotopic (exact) mass is 356 g/mol. The number of hydrogen-bond donors (Lipinski definition) is 0. The summed E-state index contributed by atoms with van der Waals surface area (Å²) in [5, 5.41) is 0. The molecule has 0 aliphatic rings. The van der Waals surface area contributed by atoms with E-state index in [2.05, 4.69) is 57.9 Å². The molecule has 0 atom stereocenters. The van der Waals surface area contributed by atoms with Gasteiger partial charge >= 0.3 is 0 Å². The van der Waals surface area contributed by atoms with E-state index in [1.165, 1.54) is 0 Å². The lowest BCUT2D eigenvalue weighted by Gasteiger charge is -2.03. The van der Waals surface area contributed by atoms with Gasteiger partial charge in [0.25, 0.3) is 0 Å². The van der Waals surface area contributed by atoms with E-state index in [4.69, 9.17) is 0 Å². The van der Waals surface area contributed by atoms with Crippen molar-refractivity contribution in [2.45, 2.75) is 0 Å². The van der Waals surface area contributed by atoms with Crippen LogP contribution in [0.4, 0.5) is 0 Å². The second-order valence-corrected chi connectivity index (χ2v) is 6.13. The molecule has 4 aromatic rings. The molecule has 2 aromatic heterocycles. The van der Waals surface area contributed by atoms with Crippen LogP contribution >= 0.6 is 0 Å². The number of benzene rings is 2. The Morgan fingerprint density at radius 3 is 1.25 bits per heavy atom. The minimum atomic E-state index is 0.953. The van der Waals surface area contributed by atoms with Gasteiger partial charge in [0.15, 0.2) is 0 Å². The van der Waals surface area contributed by atoms with E-state index in [-0.39, 0.29) is 0 Å². The van der Waals surface area contributed by atoms with Crippen molar-refractivity contribution in [2.24, 2.45) is 0 Å². The Morgan fingerprint density at radius 1 is 0.429 bits per heavy atom. The smallest absolute Gasteiger partial charge is 0.0280 e. The summed E-state index contributed by atoms with van der Waals surface area (Å²) in [4.78, 5) is 8.03. The molecule has 2 nitrogen and oxygen atoms in total. The van der Waals surface area contributed by atoms with Gasteiger partial charge in [-0.05, 0) is 59.7 Å². The second kappa shape index (κ2) is 8.49. The van der Waals surface area contributed by atoms with E-state index in [1.807, 2.05) is 48.5 Å². The van der Waals surface area contributed by atoms with Gasteiger partial charge in [0, 0.05) is 47.0 Å². The molecule has 0 bridgehead atoms. The van der Waals surface area contributed by atoms with Crippen molar-refractivity contribution in [1.29, 1.82) is 0 Å². The number of hydrogen-bond acceptors (Lipinski definition) is 2. The molecule has 2 heteroatoms. The Bertz CT molecular complexity index is 1110. The number of nitrogens with zero attached hydrogens (tertiary/aromatic N) is 2. The zero-order chi connectivity index (χ0) is 19.0. The van der Waals surface area contributed by atoms with Gasteiger partial charge in [0.05, 0.1) is 0 Å². The van der Waals surface area contributed by atoms with Crippen molar-refractivity contribution in [1.82, 2.24) is 9.97 Å². The Kier molecular flexibility index (Phi) is 5.24. The van der Waals surface area contributed by atoms with E-state index in [0.717, 1.165) is 33.4 Å². The molecule has 0 fully saturated rings. The maximum atomic E-state index is 4.01. The highest BCUT2D eigenvalue weighted by atomic mass is 14.6. The summed E-state index contributed by atoms with van der Waals surface area (Å²) < 4.78 is 0. The minimum Gasteiger partial charge on any atom is -0.265 e. The molecule has 130 valence electrons. The average Bonchev–Trinajstić information content (AvgIpc) is 2.78. The number of pyridine rings is 2. The van der Waals surface area contributed by atoms with E-state index in [0.29, 0.717) is 0 Å². The fourth-order valence-corrected chi connectivity index (χ4v) is 2.71. The predicted molar refractivity (Wildman–Crippen MR) is 112 cm³/mol. The summed E-state index contributed by atoms with van der Waals surface area (Å²) in [6.07, 6.45) is 7.00. The Hall–Kier alpha value is -4.14. The molecule has 4 rings (SSSR count). The highest BCUT2D eigenvalue weighted by molar-refractivity contribution is 5.67. The van der Waals surface area contributed by atoms with Crippen molar-refractivity contribution in [2.75, 3.05) is 0 Å². The van der Waals surface area contributed by atoms with Crippen LogP contribution in [0.3, 0.4) is 0 Å². The van der Waals surface area contributed by atoms with E-state index >= 15 is 0 Å². The fraction of sp³-hybridized carbons (Fsp3) is 0. The van der Waals surface area contributed by atoms with Crippen molar-refractivity contribution < 1.29 is 0 Å². The third-order valence-corrected chi connectivity index (χ3v) is 4.12. The summed E-state index contributed by atoms with van der Waals surface area (Å²) in [6, 6.07) is 24.1. The summed E-state index contributed by atoms with van der Waals surface area (Å²) >= 11 is 0. The molecule has 0 N–H and O–H groups in total. The summed E-state index contributed by atoms with van der Waals surface area (Å²) in [6.45, 7) is 0. The summed E-state index contributed by atoms with van der Waals surface area (Å²) in [5.41, 5.74) is 6.09. The maximum absolute atomic E-state index is 4.01. The van der Waals surface area contributed by atoms with Gasteiger partial charge in [0.1, 0.15) is 0 Å². The van der Waals surface area contributed by atoms with Gasteiger partial charge in [-0.2, -0.15) is 0 Å². The lowest BCUT2D eigenvalue weighted by Crippen LogP contribution is -1.83. The van der Waals surface area contributed by atoms with E-state index < -0.39 is 0 Å². The minimum absolute atomic E-state index is 0.953. The molecule has 0 radical (unpaired) electrons. The van der Waals surface area contributed by atoms with Crippen LogP contribution in [-0.2, 0) is 0 Å². The summed E-state index contributed by atoms with van der Waals surface area (Å²) in [5.74, 6) is 12.8. The molecule has 0 unspecified atom stereocenters. The SMILES string of the molecule is C(#Cc1cccc(-c2cccc(C#Cc3ccncc3)c2)c1)c1ccncc1. The number of aromatic nitrogens is 2. The first kappa shape index (κ1) is 17.3. The van der Waals surface area contributed by atoms with E-state index in [9.17, 15) is 0 Å². The molecule has 0 aliphatic carbocycles. The van der Waals surface area contributed by atoms with Crippen LogP contribution < -0.4 is 0 Å². The highest BCUT2D eigenvalue weighted by Crippen LogP contribution is 2.21. The first-order valence-electron chi connectivity index (χ1n) is 8.91. The summed E-state index contributed by atoms with van der Waals surface area (Å²) in [7, 11) is 0. The molecule has 0 spiro atoms. The van der Waals surface area contributed by atoms with Gasteiger partial charge in [-0.15, -0.1) is 0 Å². The predicted octanol–water partition coefficient (Wildman–Crippen LogP) is 4.94. The van der Waals surface area contributed by atoms with Gasteiger partial charge in [0.2, 0.25) is 0 Å². The molecule has 0 saturated heterocycles. The third kappa shape index (κ3) is 4.52. The van der Waals surface area contributed by atoms with Crippen molar-refractivity contribution in [3.63, 3.8) is 0 Å². The van der Waals surface area contributed by atoms with Gasteiger partial charge in [-0.1, -0.05) is 47.9 Å². The van der Waals surface area contributed by atoms with Gasteiger partial charge in [-0.3, -0.25) is 9.97 Å². The Balaban J connectivity index is 1.60. The Labute approximate surface area is 165 Å². The van der Waals surface area contributed by atoms with Crippen molar-refractivity contribution in [3.8, 4) is 34.8 Å². The molecule has 2 aromatic carbocycles. The lowest BCUT2D eigenvalue weighted by molar-refractivity contribution is 1.32. The van der Waals surface area contributed by atoms with Crippen LogP contribution in [0.15, 0.2) is 97.6 Å². The zero-order valence-electron chi connectivity index (χ0n) is 15.1. The van der Waals surface area contributed by atoms with Crippen LogP contribution in [-0.4, -0.2) is 9.97 Å². The van der Waals surface area contributed by atoms with Crippen molar-refractivity contribution in [3.05, 3.63) is 120 Å². The van der Waals surface area contributed by atoms with Crippen LogP contribution in [0.5, 0.6) is 0 Å². The van der Waals surface area contributed by atoms with E-state index in [1.54, 1.807) is 24.8 Å². The number of rotatable bonds is 1. The molecule has 0 aliphatic heterocycles. The maximum Gasteiger partial charge on any atom is 0.0280 e. The molecule has 0 amide bonds. The molecule has 0 saturated carbocycles. The molecular weight excluding hydrogens is 340 g/mol. The van der Waals surface area contributed by atoms with Gasteiger partial charge in [-0.25, -0.2) is 0 Å². The molecule has 28 heavy (non-hydrogen) atoms. The second-order valence-electron chi connectivity index (χ2n) is 6.13.